The van der Waals surface area contributed by atoms with Crippen molar-refractivity contribution < 1.29 is 14.3 Å². The molecule has 5 heterocycles. The first-order valence-corrected chi connectivity index (χ1v) is 12.3. The monoisotopic (exact) mass is 501 g/mol. The van der Waals surface area contributed by atoms with Crippen LogP contribution in [0.4, 0.5) is 4.79 Å². The molecule has 4 aromatic heterocycles. The number of fused-ring (bicyclic) bond motifs is 3. The Morgan fingerprint density at radius 1 is 1.14 bits per heavy atom. The summed E-state index contributed by atoms with van der Waals surface area (Å²) in [5.74, 6) is 1.01. The lowest BCUT2D eigenvalue weighted by Gasteiger charge is -2.30. The Bertz CT molecular complexity index is 1530. The number of aromatic nitrogens is 4. The molecule has 5 rings (SSSR count). The summed E-state index contributed by atoms with van der Waals surface area (Å²) in [5, 5.41) is 0.967. The average Bonchev–Trinajstić information content (AvgIpc) is 3.13. The van der Waals surface area contributed by atoms with Crippen molar-refractivity contribution in [2.75, 3.05) is 6.54 Å². The van der Waals surface area contributed by atoms with Gasteiger partial charge in [0.1, 0.15) is 29.4 Å². The third kappa shape index (κ3) is 5.07. The number of aryl methyl sites for hydroxylation is 2. The maximum Gasteiger partial charge on any atom is 0.410 e. The molecule has 9 heteroatoms. The zero-order valence-corrected chi connectivity index (χ0v) is 21.8. The minimum absolute atomic E-state index is 0.235. The van der Waals surface area contributed by atoms with E-state index in [1.54, 1.807) is 23.4 Å². The maximum atomic E-state index is 12.9. The van der Waals surface area contributed by atoms with Crippen LogP contribution in [0.5, 0.6) is 5.75 Å². The third-order valence-corrected chi connectivity index (χ3v) is 6.39. The third-order valence-electron chi connectivity index (χ3n) is 6.39. The highest BCUT2D eigenvalue weighted by molar-refractivity contribution is 5.84. The number of carbonyl (C=O) groups is 1. The summed E-state index contributed by atoms with van der Waals surface area (Å²) in [5.41, 5.74) is 4.07. The van der Waals surface area contributed by atoms with E-state index in [-0.39, 0.29) is 11.7 Å². The lowest BCUT2D eigenvalue weighted by atomic mass is 10.1. The van der Waals surface area contributed by atoms with Gasteiger partial charge in [0.2, 0.25) is 0 Å². The van der Waals surface area contributed by atoms with Crippen LogP contribution in [0.15, 0.2) is 53.6 Å². The van der Waals surface area contributed by atoms with Gasteiger partial charge in [0.15, 0.2) is 0 Å². The molecule has 37 heavy (non-hydrogen) atoms. The highest BCUT2D eigenvalue weighted by atomic mass is 16.6. The van der Waals surface area contributed by atoms with Gasteiger partial charge in [-0.2, -0.15) is 0 Å². The zero-order chi connectivity index (χ0) is 26.3. The van der Waals surface area contributed by atoms with Gasteiger partial charge in [-0.25, -0.2) is 9.78 Å². The second kappa shape index (κ2) is 9.38. The quantitative estimate of drug-likeness (QED) is 0.414. The lowest BCUT2D eigenvalue weighted by molar-refractivity contribution is 0.0223. The van der Waals surface area contributed by atoms with Crippen molar-refractivity contribution in [2.45, 2.75) is 52.9 Å². The van der Waals surface area contributed by atoms with Gasteiger partial charge >= 0.3 is 6.09 Å². The molecule has 0 radical (unpaired) electrons. The largest absolute Gasteiger partial charge is 0.489 e. The van der Waals surface area contributed by atoms with Crippen molar-refractivity contribution in [3.63, 3.8) is 0 Å². The number of amides is 1. The highest BCUT2D eigenvalue weighted by Crippen LogP contribution is 2.30. The molecule has 4 aromatic rings. The molecule has 0 atom stereocenters. The predicted octanol–water partition coefficient (Wildman–Crippen LogP) is 4.30. The molecule has 0 spiro atoms. The first-order valence-electron chi connectivity index (χ1n) is 12.3. The average molecular weight is 502 g/mol. The van der Waals surface area contributed by atoms with Crippen LogP contribution in [0.2, 0.25) is 0 Å². The molecule has 1 aliphatic rings. The standard InChI is InChI=1S/C28H31N5O4/c1-18-6-7-19(15-29-18)17-36-20-10-13-33(25(34)14-20)24-9-8-21-22-16-32(27(35)37-28(2,3)4)12-11-23(22)31(5)26(21)30-24/h6-10,13-15H,11-12,16-17H2,1-5H3. The van der Waals surface area contributed by atoms with E-state index in [0.29, 0.717) is 37.7 Å². The van der Waals surface area contributed by atoms with E-state index >= 15 is 0 Å². The van der Waals surface area contributed by atoms with Gasteiger partial charge in [-0.05, 0) is 52.0 Å². The first kappa shape index (κ1) is 24.5. The van der Waals surface area contributed by atoms with Crippen molar-refractivity contribution in [3.05, 3.63) is 81.7 Å². The van der Waals surface area contributed by atoms with E-state index in [2.05, 4.69) is 9.55 Å². The van der Waals surface area contributed by atoms with Crippen LogP contribution < -0.4 is 10.3 Å². The number of nitrogens with zero attached hydrogens (tertiary/aromatic N) is 5. The molecular weight excluding hydrogens is 470 g/mol. The van der Waals surface area contributed by atoms with Crippen molar-refractivity contribution >= 4 is 17.1 Å². The Kier molecular flexibility index (Phi) is 6.23. The Morgan fingerprint density at radius 3 is 2.65 bits per heavy atom. The Balaban J connectivity index is 1.38. The molecule has 0 aliphatic carbocycles. The number of rotatable bonds is 4. The van der Waals surface area contributed by atoms with E-state index < -0.39 is 5.60 Å². The number of carbonyl (C=O) groups excluding carboxylic acids is 1. The van der Waals surface area contributed by atoms with Gasteiger partial charge in [0, 0.05) is 66.4 Å². The number of hydrogen-bond donors (Lipinski definition) is 0. The summed E-state index contributed by atoms with van der Waals surface area (Å²) in [6.07, 6.45) is 3.83. The number of ether oxygens (including phenoxy) is 2. The molecule has 0 saturated heterocycles. The van der Waals surface area contributed by atoms with Crippen LogP contribution in [-0.4, -0.2) is 42.2 Å². The van der Waals surface area contributed by atoms with Crippen molar-refractivity contribution in [1.82, 2.24) is 24.0 Å². The zero-order valence-electron chi connectivity index (χ0n) is 21.8. The fraction of sp³-hybridized carbons (Fsp3) is 0.357. The Labute approximate surface area is 215 Å². The summed E-state index contributed by atoms with van der Waals surface area (Å²) < 4.78 is 14.9. The van der Waals surface area contributed by atoms with Gasteiger partial charge in [0.05, 0.1) is 6.54 Å². The van der Waals surface area contributed by atoms with E-state index in [0.717, 1.165) is 33.5 Å². The van der Waals surface area contributed by atoms with Crippen LogP contribution in [0.3, 0.4) is 0 Å². The molecule has 0 aromatic carbocycles. The van der Waals surface area contributed by atoms with E-state index in [1.165, 1.54) is 10.6 Å². The second-order valence-corrected chi connectivity index (χ2v) is 10.3. The molecule has 0 saturated carbocycles. The summed E-state index contributed by atoms with van der Waals surface area (Å²) in [4.78, 5) is 36.4. The minimum atomic E-state index is -0.543. The SMILES string of the molecule is Cc1ccc(COc2ccn(-c3ccc4c5c(n(C)c4n3)CCN(C(=O)OC(C)(C)C)C5)c(=O)c2)cn1. The highest BCUT2D eigenvalue weighted by Gasteiger charge is 2.29. The van der Waals surface area contributed by atoms with Gasteiger partial charge in [0.25, 0.3) is 5.56 Å². The van der Waals surface area contributed by atoms with Crippen LogP contribution in [0.1, 0.15) is 43.3 Å². The van der Waals surface area contributed by atoms with Gasteiger partial charge in [-0.15, -0.1) is 0 Å². The van der Waals surface area contributed by atoms with E-state index in [4.69, 9.17) is 14.5 Å². The molecule has 9 nitrogen and oxygen atoms in total. The molecule has 192 valence electrons. The van der Waals surface area contributed by atoms with Gasteiger partial charge in [-0.1, -0.05) is 6.07 Å². The molecule has 0 N–H and O–H groups in total. The Hall–Kier alpha value is -4.14. The molecule has 0 fully saturated rings. The number of pyridine rings is 3. The predicted molar refractivity (Wildman–Crippen MR) is 140 cm³/mol. The van der Waals surface area contributed by atoms with Crippen LogP contribution in [-0.2, 0) is 31.4 Å². The molecule has 1 amide bonds. The van der Waals surface area contributed by atoms with Crippen LogP contribution in [0.25, 0.3) is 16.9 Å². The van der Waals surface area contributed by atoms with Crippen molar-refractivity contribution in [2.24, 2.45) is 7.05 Å². The topological polar surface area (TPSA) is 91.5 Å². The van der Waals surface area contributed by atoms with E-state index in [9.17, 15) is 9.59 Å². The molecule has 0 unspecified atom stereocenters. The summed E-state index contributed by atoms with van der Waals surface area (Å²) >= 11 is 0. The Morgan fingerprint density at radius 2 is 1.95 bits per heavy atom. The van der Waals surface area contributed by atoms with Crippen LogP contribution >= 0.6 is 0 Å². The lowest BCUT2D eigenvalue weighted by Crippen LogP contribution is -2.40. The second-order valence-electron chi connectivity index (χ2n) is 10.3. The molecule has 1 aliphatic heterocycles. The van der Waals surface area contributed by atoms with Gasteiger partial charge < -0.3 is 18.9 Å². The van der Waals surface area contributed by atoms with Gasteiger partial charge in [-0.3, -0.25) is 14.3 Å². The van der Waals surface area contributed by atoms with Crippen LogP contribution in [0, 0.1) is 6.92 Å². The molecular formula is C28H31N5O4. The number of hydrogen-bond acceptors (Lipinski definition) is 6. The van der Waals surface area contributed by atoms with Crippen molar-refractivity contribution in [1.29, 1.82) is 0 Å². The minimum Gasteiger partial charge on any atom is -0.489 e. The molecule has 0 bridgehead atoms. The fourth-order valence-electron chi connectivity index (χ4n) is 4.53. The first-order chi connectivity index (χ1) is 17.6. The van der Waals surface area contributed by atoms with E-state index in [1.807, 2.05) is 59.0 Å². The maximum absolute atomic E-state index is 12.9. The fourth-order valence-corrected chi connectivity index (χ4v) is 4.53. The van der Waals surface area contributed by atoms with Crippen molar-refractivity contribution in [3.8, 4) is 11.6 Å². The summed E-state index contributed by atoms with van der Waals surface area (Å²) in [7, 11) is 1.97. The smallest absolute Gasteiger partial charge is 0.410 e. The summed E-state index contributed by atoms with van der Waals surface area (Å²) in [6, 6.07) is 10.9. The normalized spacial score (nSPS) is 13.5. The summed E-state index contributed by atoms with van der Waals surface area (Å²) in [6.45, 7) is 8.90.